The summed E-state index contributed by atoms with van der Waals surface area (Å²) < 4.78 is 6.02. The lowest BCUT2D eigenvalue weighted by Gasteiger charge is -2.43. The van der Waals surface area contributed by atoms with Crippen LogP contribution in [0.1, 0.15) is 87.9 Å². The Balaban J connectivity index is 1.37. The normalized spacial score (nSPS) is 26.8. The number of likely N-dealkylation sites (N-methyl/N-ethyl adjacent to an activating group) is 1. The molecule has 1 saturated carbocycles. The highest BCUT2D eigenvalue weighted by Crippen LogP contribution is 2.43. The van der Waals surface area contributed by atoms with Gasteiger partial charge in [-0.05, 0) is 95.6 Å². The number of fused-ring (bicyclic) bond motifs is 2. The van der Waals surface area contributed by atoms with Crippen molar-refractivity contribution >= 4 is 5.91 Å². The van der Waals surface area contributed by atoms with E-state index in [4.69, 9.17) is 4.74 Å². The lowest BCUT2D eigenvalue weighted by molar-refractivity contribution is -0.126. The van der Waals surface area contributed by atoms with E-state index >= 15 is 0 Å². The monoisotopic (exact) mass is 485 g/mol. The van der Waals surface area contributed by atoms with Gasteiger partial charge in [0.15, 0.2) is 0 Å². The Bertz CT molecular complexity index is 855. The van der Waals surface area contributed by atoms with Crippen LogP contribution in [0.5, 0.6) is 5.75 Å². The molecule has 0 aromatic heterocycles. The topological polar surface area (TPSA) is 65.0 Å². The number of carbonyl (C=O) groups excluding carboxylic acids is 1. The number of carbonyl (C=O) groups is 1. The maximum atomic E-state index is 12.7. The number of ether oxygens (including phenoxy) is 1. The van der Waals surface area contributed by atoms with E-state index in [1.54, 1.807) is 0 Å². The highest BCUT2D eigenvalue weighted by molar-refractivity contribution is 5.79. The van der Waals surface area contributed by atoms with Crippen LogP contribution in [0, 0.1) is 19.8 Å². The maximum Gasteiger partial charge on any atom is 0.223 e. The molecule has 6 heteroatoms. The molecule has 4 rings (SSSR count). The summed E-state index contributed by atoms with van der Waals surface area (Å²) in [4.78, 5) is 17.5. The molecule has 6 nitrogen and oxygen atoms in total. The summed E-state index contributed by atoms with van der Waals surface area (Å²) in [7, 11) is 2.01. The van der Waals surface area contributed by atoms with Gasteiger partial charge >= 0.3 is 0 Å². The maximum absolute atomic E-state index is 12.7. The van der Waals surface area contributed by atoms with Crippen molar-refractivity contribution in [3.05, 3.63) is 28.8 Å². The number of hydrogen-bond acceptors (Lipinski definition) is 5. The largest absolute Gasteiger partial charge is 0.491 e. The fourth-order valence-corrected chi connectivity index (χ4v) is 6.78. The third kappa shape index (κ3) is 6.03. The van der Waals surface area contributed by atoms with Crippen LogP contribution in [0.25, 0.3) is 0 Å². The molecule has 1 aromatic carbocycles. The molecule has 2 saturated heterocycles. The van der Waals surface area contributed by atoms with Crippen LogP contribution in [0.2, 0.25) is 0 Å². The fraction of sp³-hybridized carbons (Fsp3) is 0.759. The number of piperidine rings is 1. The molecule has 35 heavy (non-hydrogen) atoms. The van der Waals surface area contributed by atoms with Gasteiger partial charge in [0.2, 0.25) is 5.91 Å². The fourth-order valence-electron chi connectivity index (χ4n) is 6.78. The van der Waals surface area contributed by atoms with Gasteiger partial charge in [-0.15, -0.1) is 0 Å². The van der Waals surface area contributed by atoms with Gasteiger partial charge in [0.05, 0.1) is 0 Å². The summed E-state index contributed by atoms with van der Waals surface area (Å²) >= 11 is 0. The Kier molecular flexibility index (Phi) is 8.77. The molecule has 1 aliphatic carbocycles. The van der Waals surface area contributed by atoms with Gasteiger partial charge in [-0.3, -0.25) is 9.69 Å². The van der Waals surface area contributed by atoms with Crippen LogP contribution in [-0.4, -0.2) is 71.8 Å². The van der Waals surface area contributed by atoms with Crippen molar-refractivity contribution in [2.75, 3.05) is 26.7 Å². The van der Waals surface area contributed by atoms with Crippen molar-refractivity contribution in [2.24, 2.45) is 5.92 Å². The summed E-state index contributed by atoms with van der Waals surface area (Å²) in [5.74, 6) is 1.43. The summed E-state index contributed by atoms with van der Waals surface area (Å²) in [6, 6.07) is 6.07. The molecule has 3 unspecified atom stereocenters. The molecule has 5 atom stereocenters. The van der Waals surface area contributed by atoms with Gasteiger partial charge in [-0.2, -0.15) is 0 Å². The zero-order valence-electron chi connectivity index (χ0n) is 22.6. The summed E-state index contributed by atoms with van der Waals surface area (Å²) in [6.45, 7) is 10.6. The Morgan fingerprint density at radius 1 is 1.14 bits per heavy atom. The third-order valence-electron chi connectivity index (χ3n) is 9.03. The van der Waals surface area contributed by atoms with E-state index in [2.05, 4.69) is 54.9 Å². The number of aliphatic hydroxyl groups is 1. The van der Waals surface area contributed by atoms with Crippen molar-refractivity contribution in [1.29, 1.82) is 0 Å². The average Bonchev–Trinajstić information content (AvgIpc) is 3.46. The standard InChI is InChI=1S/C29H47N3O3/c1-6-31(5)17-26(33)18-35-28-14-13-27(19(2)20(28)3)21(4)32-24-11-12-25(32)16-23(15-24)30-29(34)22-9-7-8-10-22/h13-14,21-26,33H,6-12,15-18H2,1-5H3,(H,30,34)/t21?,23?,24-,25?,26+/m1/s1. The molecule has 2 aliphatic heterocycles. The summed E-state index contributed by atoms with van der Waals surface area (Å²) in [5.41, 5.74) is 3.81. The Morgan fingerprint density at radius 2 is 1.80 bits per heavy atom. The zero-order chi connectivity index (χ0) is 25.1. The van der Waals surface area contributed by atoms with Crippen LogP contribution in [0.15, 0.2) is 12.1 Å². The minimum absolute atomic E-state index is 0.254. The SMILES string of the molecule is CCN(C)C[C@H](O)COc1ccc(C(C)N2C3CC[C@@H]2CC(NC(=O)C2CCCC2)C3)c(C)c1C. The van der Waals surface area contributed by atoms with Gasteiger partial charge in [-0.1, -0.05) is 25.8 Å². The van der Waals surface area contributed by atoms with E-state index in [9.17, 15) is 9.90 Å². The third-order valence-corrected chi connectivity index (χ3v) is 9.03. The number of benzene rings is 1. The van der Waals surface area contributed by atoms with Gasteiger partial charge in [0.25, 0.3) is 0 Å². The molecule has 3 fully saturated rings. The Morgan fingerprint density at radius 3 is 2.43 bits per heavy atom. The lowest BCUT2D eigenvalue weighted by Crippen LogP contribution is -2.51. The molecule has 2 bridgehead atoms. The summed E-state index contributed by atoms with van der Waals surface area (Å²) in [5, 5.41) is 13.7. The van der Waals surface area contributed by atoms with Crippen LogP contribution in [0.4, 0.5) is 0 Å². The number of amides is 1. The molecule has 1 amide bonds. The van der Waals surface area contributed by atoms with E-state index in [0.717, 1.165) is 43.5 Å². The van der Waals surface area contributed by atoms with Gasteiger partial charge < -0.3 is 20.1 Å². The van der Waals surface area contributed by atoms with Gasteiger partial charge in [0.1, 0.15) is 18.5 Å². The molecule has 2 N–H and O–H groups in total. The van der Waals surface area contributed by atoms with Gasteiger partial charge in [-0.25, -0.2) is 0 Å². The van der Waals surface area contributed by atoms with E-state index in [-0.39, 0.29) is 5.92 Å². The molecule has 2 heterocycles. The van der Waals surface area contributed by atoms with E-state index in [0.29, 0.717) is 43.2 Å². The van der Waals surface area contributed by atoms with Crippen molar-refractivity contribution in [1.82, 2.24) is 15.1 Å². The van der Waals surface area contributed by atoms with Crippen molar-refractivity contribution in [3.8, 4) is 5.75 Å². The number of nitrogens with one attached hydrogen (secondary N) is 1. The van der Waals surface area contributed by atoms with Crippen LogP contribution in [-0.2, 0) is 4.79 Å². The minimum atomic E-state index is -0.496. The molecule has 3 aliphatic rings. The van der Waals surface area contributed by atoms with Crippen LogP contribution in [0.3, 0.4) is 0 Å². The first kappa shape index (κ1) is 26.4. The molecule has 1 aromatic rings. The molecular weight excluding hydrogens is 438 g/mol. The van der Waals surface area contributed by atoms with Crippen LogP contribution < -0.4 is 10.1 Å². The summed E-state index contributed by atoms with van der Waals surface area (Å²) in [6.07, 6.45) is 8.66. The Hall–Kier alpha value is -1.63. The smallest absolute Gasteiger partial charge is 0.223 e. The van der Waals surface area contributed by atoms with Crippen molar-refractivity contribution in [2.45, 2.75) is 109 Å². The number of rotatable bonds is 10. The first-order chi connectivity index (χ1) is 16.8. The van der Waals surface area contributed by atoms with E-state index < -0.39 is 6.10 Å². The second-order valence-corrected chi connectivity index (χ2v) is 11.4. The predicted octanol–water partition coefficient (Wildman–Crippen LogP) is 4.36. The van der Waals surface area contributed by atoms with Crippen molar-refractivity contribution < 1.29 is 14.6 Å². The number of aliphatic hydroxyl groups excluding tert-OH is 1. The quantitative estimate of drug-likeness (QED) is 0.516. The van der Waals surface area contributed by atoms with Crippen molar-refractivity contribution in [3.63, 3.8) is 0 Å². The first-order valence-corrected chi connectivity index (χ1v) is 14.0. The number of hydrogen-bond donors (Lipinski definition) is 2. The molecular formula is C29H47N3O3. The predicted molar refractivity (Wildman–Crippen MR) is 141 cm³/mol. The lowest BCUT2D eigenvalue weighted by atomic mass is 9.90. The highest BCUT2D eigenvalue weighted by atomic mass is 16.5. The first-order valence-electron chi connectivity index (χ1n) is 14.0. The minimum Gasteiger partial charge on any atom is -0.491 e. The molecule has 196 valence electrons. The zero-order valence-corrected chi connectivity index (χ0v) is 22.6. The second-order valence-electron chi connectivity index (χ2n) is 11.4. The van der Waals surface area contributed by atoms with Gasteiger partial charge in [0, 0.05) is 36.6 Å². The van der Waals surface area contributed by atoms with Crippen LogP contribution >= 0.6 is 0 Å². The van der Waals surface area contributed by atoms with E-state index in [1.807, 2.05) is 7.05 Å². The highest BCUT2D eigenvalue weighted by Gasteiger charge is 2.44. The average molecular weight is 486 g/mol. The van der Waals surface area contributed by atoms with E-state index in [1.165, 1.54) is 36.8 Å². The molecule has 0 radical (unpaired) electrons. The molecule has 0 spiro atoms. The second kappa shape index (κ2) is 11.6. The number of nitrogens with zero attached hydrogens (tertiary/aromatic N) is 2. The Labute approximate surface area is 212 Å².